The third kappa shape index (κ3) is 6.45. The van der Waals surface area contributed by atoms with Crippen LogP contribution in [0.15, 0.2) is 18.2 Å². The lowest BCUT2D eigenvalue weighted by Gasteiger charge is -2.11. The molecule has 0 atom stereocenters. The van der Waals surface area contributed by atoms with E-state index < -0.39 is 0 Å². The highest BCUT2D eigenvalue weighted by Gasteiger charge is 2.03. The Bertz CT molecular complexity index is 335. The van der Waals surface area contributed by atoms with Crippen LogP contribution >= 0.6 is 24.0 Å². The number of methoxy groups -OCH3 is 1. The summed E-state index contributed by atoms with van der Waals surface area (Å²) < 4.78 is 10.5. The smallest absolute Gasteiger partial charge is 0.123 e. The molecular formula is C13H21Cl2NO2. The van der Waals surface area contributed by atoms with Crippen LogP contribution in [0.1, 0.15) is 18.9 Å². The van der Waals surface area contributed by atoms with E-state index in [9.17, 15) is 0 Å². The average Bonchev–Trinajstić information content (AvgIpc) is 2.32. The minimum Gasteiger partial charge on any atom is -0.494 e. The largest absolute Gasteiger partial charge is 0.494 e. The molecule has 1 N–H and O–H groups in total. The highest BCUT2D eigenvalue weighted by atomic mass is 35.5. The van der Waals surface area contributed by atoms with E-state index in [1.807, 2.05) is 25.1 Å². The average molecular weight is 294 g/mol. The van der Waals surface area contributed by atoms with Crippen molar-refractivity contribution in [3.8, 4) is 5.75 Å². The zero-order valence-electron chi connectivity index (χ0n) is 10.9. The maximum atomic E-state index is 5.98. The van der Waals surface area contributed by atoms with Gasteiger partial charge in [-0.05, 0) is 38.1 Å². The normalized spacial score (nSPS) is 9.94. The maximum absolute atomic E-state index is 5.98. The van der Waals surface area contributed by atoms with Crippen LogP contribution in [-0.2, 0) is 11.3 Å². The molecular weight excluding hydrogens is 273 g/mol. The molecule has 0 radical (unpaired) electrons. The van der Waals surface area contributed by atoms with E-state index >= 15 is 0 Å². The Morgan fingerprint density at radius 2 is 2.11 bits per heavy atom. The Labute approximate surface area is 120 Å². The van der Waals surface area contributed by atoms with Crippen molar-refractivity contribution in [1.29, 1.82) is 0 Å². The highest BCUT2D eigenvalue weighted by Crippen LogP contribution is 2.22. The predicted octanol–water partition coefficient (Wildman–Crippen LogP) is 3.29. The number of rotatable bonds is 8. The molecule has 0 unspecified atom stereocenters. The van der Waals surface area contributed by atoms with Gasteiger partial charge < -0.3 is 14.8 Å². The van der Waals surface area contributed by atoms with Crippen LogP contribution in [0.25, 0.3) is 0 Å². The van der Waals surface area contributed by atoms with Crippen molar-refractivity contribution in [2.45, 2.75) is 19.9 Å². The predicted molar refractivity (Wildman–Crippen MR) is 78.1 cm³/mol. The molecule has 3 nitrogen and oxygen atoms in total. The van der Waals surface area contributed by atoms with Crippen molar-refractivity contribution < 1.29 is 9.47 Å². The molecule has 0 amide bonds. The van der Waals surface area contributed by atoms with Crippen molar-refractivity contribution in [1.82, 2.24) is 5.32 Å². The first-order chi connectivity index (χ1) is 8.27. The third-order valence-corrected chi connectivity index (χ3v) is 2.57. The monoisotopic (exact) mass is 293 g/mol. The first kappa shape index (κ1) is 17.5. The van der Waals surface area contributed by atoms with E-state index in [1.54, 1.807) is 7.11 Å². The van der Waals surface area contributed by atoms with E-state index in [4.69, 9.17) is 21.1 Å². The summed E-state index contributed by atoms with van der Waals surface area (Å²) in [4.78, 5) is 0. The van der Waals surface area contributed by atoms with Crippen molar-refractivity contribution in [2.24, 2.45) is 0 Å². The summed E-state index contributed by atoms with van der Waals surface area (Å²) in [6, 6.07) is 5.70. The van der Waals surface area contributed by atoms with Crippen molar-refractivity contribution >= 4 is 24.0 Å². The van der Waals surface area contributed by atoms with E-state index in [0.29, 0.717) is 6.61 Å². The number of halogens is 2. The first-order valence-corrected chi connectivity index (χ1v) is 6.26. The minimum atomic E-state index is 0. The molecule has 0 aliphatic carbocycles. The Kier molecular flexibility index (Phi) is 10.2. The second-order valence-electron chi connectivity index (χ2n) is 3.71. The van der Waals surface area contributed by atoms with Gasteiger partial charge in [-0.25, -0.2) is 0 Å². The van der Waals surface area contributed by atoms with Crippen LogP contribution in [0.5, 0.6) is 5.75 Å². The summed E-state index contributed by atoms with van der Waals surface area (Å²) in [5.41, 5.74) is 1.09. The summed E-state index contributed by atoms with van der Waals surface area (Å²) in [5.74, 6) is 0.899. The zero-order chi connectivity index (χ0) is 12.5. The van der Waals surface area contributed by atoms with E-state index in [2.05, 4.69) is 5.32 Å². The minimum absolute atomic E-state index is 0. The van der Waals surface area contributed by atoms with Crippen LogP contribution in [-0.4, -0.2) is 26.9 Å². The van der Waals surface area contributed by atoms with Crippen LogP contribution < -0.4 is 10.1 Å². The van der Waals surface area contributed by atoms with Crippen LogP contribution in [0.2, 0.25) is 5.02 Å². The molecule has 0 saturated carbocycles. The van der Waals surface area contributed by atoms with Gasteiger partial charge in [0.15, 0.2) is 0 Å². The number of nitrogens with one attached hydrogen (secondary N) is 1. The van der Waals surface area contributed by atoms with E-state index in [-0.39, 0.29) is 12.4 Å². The molecule has 0 aliphatic heterocycles. The molecule has 0 aromatic heterocycles. The van der Waals surface area contributed by atoms with E-state index in [0.717, 1.165) is 42.5 Å². The van der Waals surface area contributed by atoms with Gasteiger partial charge >= 0.3 is 0 Å². The summed E-state index contributed by atoms with van der Waals surface area (Å²) in [7, 11) is 1.71. The molecule has 0 heterocycles. The fourth-order valence-corrected chi connectivity index (χ4v) is 1.74. The van der Waals surface area contributed by atoms with Gasteiger partial charge in [0.2, 0.25) is 0 Å². The lowest BCUT2D eigenvalue weighted by molar-refractivity contribution is 0.194. The molecule has 1 aromatic carbocycles. The van der Waals surface area contributed by atoms with Crippen LogP contribution in [0.3, 0.4) is 0 Å². The summed E-state index contributed by atoms with van der Waals surface area (Å²) in [5, 5.41) is 4.08. The van der Waals surface area contributed by atoms with Gasteiger partial charge in [-0.3, -0.25) is 0 Å². The number of ether oxygens (including phenoxy) is 2. The quantitative estimate of drug-likeness (QED) is 0.746. The van der Waals surface area contributed by atoms with Gasteiger partial charge in [-0.2, -0.15) is 0 Å². The molecule has 0 spiro atoms. The molecule has 0 saturated heterocycles. The number of benzene rings is 1. The highest BCUT2D eigenvalue weighted by molar-refractivity contribution is 6.30. The lowest BCUT2D eigenvalue weighted by atomic mass is 10.2. The second kappa shape index (κ2) is 10.4. The summed E-state index contributed by atoms with van der Waals surface area (Å²) in [6.45, 7) is 5.11. The maximum Gasteiger partial charge on any atom is 0.123 e. The standard InChI is InChI=1S/C13H20ClNO2.ClH/c1-3-17-13-6-5-12(14)9-11(13)10-15-7-4-8-16-2;/h5-6,9,15H,3-4,7-8,10H2,1-2H3;1H. The Balaban J connectivity index is 0.00000289. The molecule has 0 aliphatic rings. The third-order valence-electron chi connectivity index (χ3n) is 2.34. The van der Waals surface area contributed by atoms with Gasteiger partial charge in [0.25, 0.3) is 0 Å². The molecule has 1 aromatic rings. The van der Waals surface area contributed by atoms with E-state index in [1.165, 1.54) is 0 Å². The lowest BCUT2D eigenvalue weighted by Crippen LogP contribution is -2.16. The topological polar surface area (TPSA) is 30.5 Å². The molecule has 0 bridgehead atoms. The summed E-state index contributed by atoms with van der Waals surface area (Å²) >= 11 is 5.98. The Morgan fingerprint density at radius 3 is 2.78 bits per heavy atom. The van der Waals surface area contributed by atoms with Gasteiger partial charge in [0.1, 0.15) is 5.75 Å². The van der Waals surface area contributed by atoms with Crippen molar-refractivity contribution in [3.63, 3.8) is 0 Å². The number of hydrogen-bond acceptors (Lipinski definition) is 3. The SMILES string of the molecule is CCOc1ccc(Cl)cc1CNCCCOC.Cl. The van der Waals surface area contributed by atoms with Gasteiger partial charge in [0.05, 0.1) is 6.61 Å². The summed E-state index contributed by atoms with van der Waals surface area (Å²) in [6.07, 6.45) is 1.00. The van der Waals surface area contributed by atoms with Crippen molar-refractivity contribution in [2.75, 3.05) is 26.9 Å². The van der Waals surface area contributed by atoms with Crippen molar-refractivity contribution in [3.05, 3.63) is 28.8 Å². The zero-order valence-corrected chi connectivity index (χ0v) is 12.4. The fourth-order valence-electron chi connectivity index (χ4n) is 1.55. The van der Waals surface area contributed by atoms with Gasteiger partial charge in [-0.15, -0.1) is 12.4 Å². The Morgan fingerprint density at radius 1 is 1.33 bits per heavy atom. The molecule has 5 heteroatoms. The fraction of sp³-hybridized carbons (Fsp3) is 0.538. The molecule has 104 valence electrons. The van der Waals surface area contributed by atoms with Crippen LogP contribution in [0.4, 0.5) is 0 Å². The molecule has 18 heavy (non-hydrogen) atoms. The van der Waals surface area contributed by atoms with Gasteiger partial charge in [0, 0.05) is 30.8 Å². The van der Waals surface area contributed by atoms with Crippen LogP contribution in [0, 0.1) is 0 Å². The second-order valence-corrected chi connectivity index (χ2v) is 4.14. The van der Waals surface area contributed by atoms with Gasteiger partial charge in [-0.1, -0.05) is 11.6 Å². The number of hydrogen-bond donors (Lipinski definition) is 1. The molecule has 0 fully saturated rings. The molecule has 1 rings (SSSR count). The first-order valence-electron chi connectivity index (χ1n) is 5.88. The Hall–Kier alpha value is -0.480.